The highest BCUT2D eigenvalue weighted by Gasteiger charge is 2.21. The molecule has 0 aliphatic carbocycles. The number of ether oxygens (including phenoxy) is 3. The molecule has 2 aromatic rings. The van der Waals surface area contributed by atoms with Gasteiger partial charge in [0.15, 0.2) is 28.9 Å². The third kappa shape index (κ3) is 6.09. The van der Waals surface area contributed by atoms with Crippen LogP contribution < -0.4 is 25.3 Å². The van der Waals surface area contributed by atoms with Crippen molar-refractivity contribution in [3.63, 3.8) is 0 Å². The average molecular weight is 476 g/mol. The van der Waals surface area contributed by atoms with Crippen LogP contribution in [-0.2, 0) is 11.4 Å². The lowest BCUT2D eigenvalue weighted by Gasteiger charge is -2.13. The smallest absolute Gasteiger partial charge is 0.244 e. The van der Waals surface area contributed by atoms with Gasteiger partial charge in [-0.15, -0.1) is 0 Å². The number of nitrogens with two attached hydrogens (primary N) is 1. The molecule has 1 amide bonds. The summed E-state index contributed by atoms with van der Waals surface area (Å²) in [7, 11) is 2.53. The van der Waals surface area contributed by atoms with Crippen molar-refractivity contribution in [2.45, 2.75) is 19.4 Å². The summed E-state index contributed by atoms with van der Waals surface area (Å²) in [5.74, 6) is -1.80. The zero-order valence-corrected chi connectivity index (χ0v) is 18.9. The van der Waals surface area contributed by atoms with Gasteiger partial charge < -0.3 is 30.2 Å². The number of nitrogens with one attached hydrogen (secondary N) is 1. The topological polar surface area (TPSA) is 124 Å². The van der Waals surface area contributed by atoms with Crippen LogP contribution in [0.5, 0.6) is 17.2 Å². The summed E-state index contributed by atoms with van der Waals surface area (Å²) in [5.41, 5.74) is 5.62. The van der Waals surface area contributed by atoms with E-state index in [0.29, 0.717) is 5.70 Å². The van der Waals surface area contributed by atoms with Crippen LogP contribution in [0.15, 0.2) is 35.3 Å². The third-order valence-electron chi connectivity index (χ3n) is 5.03. The van der Waals surface area contributed by atoms with Gasteiger partial charge in [0.25, 0.3) is 0 Å². The SMILES string of the molecule is COc1cc(OC)c(F)c(COc2cnc(N/C(C=NCC(=O)N3CCCC3)=C/N)nc2)c1F. The summed E-state index contributed by atoms with van der Waals surface area (Å²) in [6.45, 7) is 1.11. The molecule has 3 rings (SSSR count). The molecule has 1 aliphatic rings. The lowest BCUT2D eigenvalue weighted by molar-refractivity contribution is -0.128. The van der Waals surface area contributed by atoms with Crippen molar-refractivity contribution in [3.8, 4) is 17.2 Å². The van der Waals surface area contributed by atoms with Gasteiger partial charge in [0.2, 0.25) is 11.9 Å². The van der Waals surface area contributed by atoms with E-state index in [4.69, 9.17) is 19.9 Å². The van der Waals surface area contributed by atoms with Gasteiger partial charge in [-0.2, -0.15) is 0 Å². The maximum absolute atomic E-state index is 14.4. The zero-order valence-electron chi connectivity index (χ0n) is 18.9. The maximum atomic E-state index is 14.4. The highest BCUT2D eigenvalue weighted by atomic mass is 19.1. The van der Waals surface area contributed by atoms with Crippen molar-refractivity contribution in [2.24, 2.45) is 10.7 Å². The summed E-state index contributed by atoms with van der Waals surface area (Å²) >= 11 is 0. The molecule has 0 atom stereocenters. The predicted octanol–water partition coefficient (Wildman–Crippen LogP) is 2.26. The second kappa shape index (κ2) is 11.8. The molecule has 3 N–H and O–H groups in total. The molecule has 10 nitrogen and oxygen atoms in total. The number of benzene rings is 1. The number of aromatic nitrogens is 2. The van der Waals surface area contributed by atoms with Crippen LogP contribution in [-0.4, -0.2) is 60.8 Å². The summed E-state index contributed by atoms with van der Waals surface area (Å²) < 4.78 is 44.1. The van der Waals surface area contributed by atoms with Crippen molar-refractivity contribution < 1.29 is 27.8 Å². The van der Waals surface area contributed by atoms with Gasteiger partial charge in [0.1, 0.15) is 13.2 Å². The second-order valence-electron chi connectivity index (χ2n) is 7.22. The maximum Gasteiger partial charge on any atom is 0.244 e. The standard InChI is InChI=1S/C22H26F2N6O4/c1-32-17-7-18(33-2)21(24)16(20(17)23)13-34-15-10-27-22(28-11-15)29-14(8-25)9-26-12-19(31)30-5-3-4-6-30/h7-11H,3-6,12-13,25H2,1-2H3,(H,27,28,29)/b14-8+,26-9?. The number of rotatable bonds is 10. The molecule has 182 valence electrons. The molecule has 1 saturated heterocycles. The molecule has 0 radical (unpaired) electrons. The largest absolute Gasteiger partial charge is 0.494 e. The van der Waals surface area contributed by atoms with Crippen LogP contribution in [0, 0.1) is 11.6 Å². The molecule has 0 unspecified atom stereocenters. The first kappa shape index (κ1) is 24.7. The summed E-state index contributed by atoms with van der Waals surface area (Å²) in [4.78, 5) is 26.1. The van der Waals surface area contributed by atoms with E-state index >= 15 is 0 Å². The van der Waals surface area contributed by atoms with Crippen LogP contribution in [0.4, 0.5) is 14.7 Å². The van der Waals surface area contributed by atoms with Gasteiger partial charge in [-0.3, -0.25) is 9.79 Å². The Labute approximate surface area is 195 Å². The number of methoxy groups -OCH3 is 2. The molecule has 1 fully saturated rings. The lowest BCUT2D eigenvalue weighted by Crippen LogP contribution is -2.29. The first-order valence-corrected chi connectivity index (χ1v) is 10.5. The Kier molecular flexibility index (Phi) is 8.54. The van der Waals surface area contributed by atoms with Gasteiger partial charge in [0, 0.05) is 31.6 Å². The Morgan fingerprint density at radius 3 is 2.35 bits per heavy atom. The predicted molar refractivity (Wildman–Crippen MR) is 121 cm³/mol. The Bertz CT molecular complexity index is 1030. The highest BCUT2D eigenvalue weighted by Crippen LogP contribution is 2.31. The molecule has 1 aliphatic heterocycles. The van der Waals surface area contributed by atoms with Crippen LogP contribution in [0.3, 0.4) is 0 Å². The van der Waals surface area contributed by atoms with Crippen molar-refractivity contribution >= 4 is 18.1 Å². The number of allylic oxidation sites excluding steroid dienone is 1. The molecular weight excluding hydrogens is 450 g/mol. The van der Waals surface area contributed by atoms with Gasteiger partial charge >= 0.3 is 0 Å². The minimum Gasteiger partial charge on any atom is -0.494 e. The van der Waals surface area contributed by atoms with Gasteiger partial charge in [-0.05, 0) is 12.8 Å². The van der Waals surface area contributed by atoms with Crippen LogP contribution >= 0.6 is 0 Å². The van der Waals surface area contributed by atoms with Crippen LogP contribution in [0.1, 0.15) is 18.4 Å². The van der Waals surface area contributed by atoms with Gasteiger partial charge in [0.05, 0.1) is 37.9 Å². The number of hydrogen-bond acceptors (Lipinski definition) is 9. The fourth-order valence-electron chi connectivity index (χ4n) is 3.21. The lowest BCUT2D eigenvalue weighted by atomic mass is 10.1. The third-order valence-corrected chi connectivity index (χ3v) is 5.03. The zero-order chi connectivity index (χ0) is 24.5. The van der Waals surface area contributed by atoms with Crippen LogP contribution in [0.25, 0.3) is 0 Å². The van der Waals surface area contributed by atoms with E-state index in [2.05, 4.69) is 20.3 Å². The van der Waals surface area contributed by atoms with E-state index in [0.717, 1.165) is 32.0 Å². The number of halogens is 2. The van der Waals surface area contributed by atoms with E-state index < -0.39 is 18.2 Å². The van der Waals surface area contributed by atoms with E-state index in [1.807, 2.05) is 0 Å². The average Bonchev–Trinajstić information content (AvgIpc) is 3.39. The van der Waals surface area contributed by atoms with Crippen molar-refractivity contribution in [2.75, 3.05) is 39.2 Å². The number of likely N-dealkylation sites (tertiary alicyclic amines) is 1. The minimum atomic E-state index is -0.889. The molecule has 1 aromatic heterocycles. The Balaban J connectivity index is 1.57. The monoisotopic (exact) mass is 476 g/mol. The molecule has 12 heteroatoms. The summed E-state index contributed by atoms with van der Waals surface area (Å²) in [6, 6.07) is 1.12. The molecule has 0 saturated carbocycles. The molecule has 0 bridgehead atoms. The number of carbonyl (C=O) groups is 1. The number of anilines is 1. The van der Waals surface area contributed by atoms with Crippen molar-refractivity contribution in [1.82, 2.24) is 14.9 Å². The fraction of sp³-hybridized carbons (Fsp3) is 0.364. The molecule has 34 heavy (non-hydrogen) atoms. The first-order valence-electron chi connectivity index (χ1n) is 10.5. The Morgan fingerprint density at radius 2 is 1.79 bits per heavy atom. The first-order chi connectivity index (χ1) is 16.5. The molecule has 1 aromatic carbocycles. The summed E-state index contributed by atoms with van der Waals surface area (Å²) in [6.07, 6.45) is 7.36. The van der Waals surface area contributed by atoms with Crippen molar-refractivity contribution in [1.29, 1.82) is 0 Å². The number of nitrogens with zero attached hydrogens (tertiary/aromatic N) is 4. The van der Waals surface area contributed by atoms with Crippen LogP contribution in [0.2, 0.25) is 0 Å². The minimum absolute atomic E-state index is 0.0227. The van der Waals surface area contributed by atoms with Gasteiger partial charge in [-0.1, -0.05) is 0 Å². The number of hydrogen-bond donors (Lipinski definition) is 2. The summed E-state index contributed by atoms with van der Waals surface area (Å²) in [5, 5.41) is 2.85. The highest BCUT2D eigenvalue weighted by molar-refractivity contribution is 5.85. The van der Waals surface area contributed by atoms with E-state index in [9.17, 15) is 13.6 Å². The van der Waals surface area contributed by atoms with E-state index in [1.165, 1.54) is 39.0 Å². The fourth-order valence-corrected chi connectivity index (χ4v) is 3.21. The molecular formula is C22H26F2N6O4. The molecule has 0 spiro atoms. The quantitative estimate of drug-likeness (QED) is 0.501. The van der Waals surface area contributed by atoms with E-state index in [1.54, 1.807) is 4.90 Å². The second-order valence-corrected chi connectivity index (χ2v) is 7.22. The molecule has 2 heterocycles. The number of carbonyl (C=O) groups excluding carboxylic acids is 1. The Morgan fingerprint density at radius 1 is 1.18 bits per heavy atom. The van der Waals surface area contributed by atoms with Crippen molar-refractivity contribution in [3.05, 3.63) is 47.6 Å². The number of aliphatic imine (C=N–C) groups is 1. The normalized spacial score (nSPS) is 13.9. The Hall–Kier alpha value is -3.96. The number of amides is 1. The van der Waals surface area contributed by atoms with Gasteiger partial charge in [-0.25, -0.2) is 18.7 Å². The van der Waals surface area contributed by atoms with E-state index in [-0.39, 0.29) is 41.2 Å².